The van der Waals surface area contributed by atoms with Gasteiger partial charge in [0, 0.05) is 17.8 Å². The second kappa shape index (κ2) is 5.84. The molecule has 0 bridgehead atoms. The van der Waals surface area contributed by atoms with Gasteiger partial charge in [-0.2, -0.15) is 5.10 Å². The maximum Gasteiger partial charge on any atom is 0.0705 e. The normalized spacial score (nSPS) is 10.8. The summed E-state index contributed by atoms with van der Waals surface area (Å²) in [5.74, 6) is 0. The van der Waals surface area contributed by atoms with Crippen LogP contribution in [0, 0.1) is 3.57 Å². The molecule has 0 saturated carbocycles. The molecule has 0 aliphatic rings. The van der Waals surface area contributed by atoms with E-state index in [0.29, 0.717) is 0 Å². The molecular formula is C12H13ClIN3. The highest BCUT2D eigenvalue weighted by Crippen LogP contribution is 2.20. The molecule has 0 unspecified atom stereocenters. The lowest BCUT2D eigenvalue weighted by Gasteiger charge is -2.10. The Bertz CT molecular complexity index is 510. The lowest BCUT2D eigenvalue weighted by molar-refractivity contribution is 0.717. The fourth-order valence-electron chi connectivity index (χ4n) is 1.59. The van der Waals surface area contributed by atoms with Crippen LogP contribution in [0.4, 0.5) is 0 Å². The first kappa shape index (κ1) is 12.9. The molecule has 0 saturated heterocycles. The molecule has 0 aliphatic heterocycles. The van der Waals surface area contributed by atoms with Crippen molar-refractivity contribution in [2.24, 2.45) is 0 Å². The molecule has 0 fully saturated rings. The number of nitrogens with one attached hydrogen (secondary N) is 1. The predicted molar refractivity (Wildman–Crippen MR) is 78.7 cm³/mol. The zero-order valence-electron chi connectivity index (χ0n) is 9.45. The second-order valence-corrected chi connectivity index (χ2v) is 5.34. The van der Waals surface area contributed by atoms with Gasteiger partial charge in [0.05, 0.1) is 15.5 Å². The summed E-state index contributed by atoms with van der Waals surface area (Å²) in [5, 5.41) is 8.36. The van der Waals surface area contributed by atoms with E-state index >= 15 is 0 Å². The Hall–Kier alpha value is -0.590. The SMILES string of the molecule is CCNCc1ccc(Cl)cc1-n1cc(I)cn1. The van der Waals surface area contributed by atoms with Gasteiger partial charge in [0.15, 0.2) is 0 Å². The number of aromatic nitrogens is 2. The van der Waals surface area contributed by atoms with Gasteiger partial charge in [0.1, 0.15) is 0 Å². The number of benzene rings is 1. The van der Waals surface area contributed by atoms with Gasteiger partial charge in [-0.05, 0) is 46.8 Å². The van der Waals surface area contributed by atoms with Crippen molar-refractivity contribution in [2.75, 3.05) is 6.54 Å². The first-order valence-electron chi connectivity index (χ1n) is 5.40. The highest BCUT2D eigenvalue weighted by molar-refractivity contribution is 14.1. The van der Waals surface area contributed by atoms with E-state index < -0.39 is 0 Å². The van der Waals surface area contributed by atoms with Gasteiger partial charge < -0.3 is 5.32 Å². The molecule has 2 rings (SSSR count). The maximum atomic E-state index is 6.04. The summed E-state index contributed by atoms with van der Waals surface area (Å²) in [6.07, 6.45) is 3.82. The van der Waals surface area contributed by atoms with Gasteiger partial charge in [-0.15, -0.1) is 0 Å². The van der Waals surface area contributed by atoms with Crippen molar-refractivity contribution in [3.05, 3.63) is 44.7 Å². The van der Waals surface area contributed by atoms with Crippen molar-refractivity contribution in [3.63, 3.8) is 0 Å². The van der Waals surface area contributed by atoms with Crippen LogP contribution in [0.15, 0.2) is 30.6 Å². The Balaban J connectivity index is 2.39. The van der Waals surface area contributed by atoms with Crippen molar-refractivity contribution in [2.45, 2.75) is 13.5 Å². The summed E-state index contributed by atoms with van der Waals surface area (Å²) in [6.45, 7) is 3.85. The molecule has 0 spiro atoms. The molecule has 2 aromatic rings. The monoisotopic (exact) mass is 361 g/mol. The van der Waals surface area contributed by atoms with Crippen molar-refractivity contribution < 1.29 is 0 Å². The zero-order valence-corrected chi connectivity index (χ0v) is 12.4. The lowest BCUT2D eigenvalue weighted by atomic mass is 10.2. The molecule has 1 N–H and O–H groups in total. The minimum Gasteiger partial charge on any atom is -0.313 e. The standard InChI is InChI=1S/C12H13ClIN3/c1-2-15-6-9-3-4-10(13)5-12(9)17-8-11(14)7-16-17/h3-5,7-8,15H,2,6H2,1H3. The largest absolute Gasteiger partial charge is 0.313 e. The molecule has 0 atom stereocenters. The zero-order chi connectivity index (χ0) is 12.3. The van der Waals surface area contributed by atoms with E-state index in [4.69, 9.17) is 11.6 Å². The first-order valence-corrected chi connectivity index (χ1v) is 6.86. The summed E-state index contributed by atoms with van der Waals surface area (Å²) in [5.41, 5.74) is 2.22. The second-order valence-electron chi connectivity index (χ2n) is 3.66. The highest BCUT2D eigenvalue weighted by atomic mass is 127. The highest BCUT2D eigenvalue weighted by Gasteiger charge is 2.06. The summed E-state index contributed by atoms with van der Waals surface area (Å²) in [7, 11) is 0. The Kier molecular flexibility index (Phi) is 4.42. The van der Waals surface area contributed by atoms with Gasteiger partial charge in [-0.25, -0.2) is 4.68 Å². The van der Waals surface area contributed by atoms with Crippen molar-refractivity contribution in [1.29, 1.82) is 0 Å². The van der Waals surface area contributed by atoms with E-state index in [-0.39, 0.29) is 0 Å². The molecule has 90 valence electrons. The van der Waals surface area contributed by atoms with Crippen LogP contribution < -0.4 is 5.32 Å². The van der Waals surface area contributed by atoms with Crippen molar-refractivity contribution in [1.82, 2.24) is 15.1 Å². The average molecular weight is 362 g/mol. The van der Waals surface area contributed by atoms with E-state index in [1.54, 1.807) is 0 Å². The summed E-state index contributed by atoms with van der Waals surface area (Å²) >= 11 is 8.29. The third kappa shape index (κ3) is 3.20. The van der Waals surface area contributed by atoms with Gasteiger partial charge in [-0.3, -0.25) is 0 Å². The number of rotatable bonds is 4. The summed E-state index contributed by atoms with van der Waals surface area (Å²) in [6, 6.07) is 5.89. The fourth-order valence-corrected chi connectivity index (χ4v) is 2.15. The van der Waals surface area contributed by atoms with Gasteiger partial charge in [-0.1, -0.05) is 24.6 Å². The smallest absolute Gasteiger partial charge is 0.0705 e. The number of hydrogen-bond donors (Lipinski definition) is 1. The molecule has 1 aromatic heterocycles. The van der Waals surface area contributed by atoms with E-state index in [0.717, 1.165) is 27.4 Å². The molecule has 0 amide bonds. The minimum atomic E-state index is 0.728. The third-order valence-corrected chi connectivity index (χ3v) is 3.20. The van der Waals surface area contributed by atoms with Crippen LogP contribution in [0.3, 0.4) is 0 Å². The summed E-state index contributed by atoms with van der Waals surface area (Å²) in [4.78, 5) is 0. The van der Waals surface area contributed by atoms with Crippen LogP contribution in [-0.4, -0.2) is 16.3 Å². The van der Waals surface area contributed by atoms with E-state index in [1.165, 1.54) is 5.56 Å². The van der Waals surface area contributed by atoms with Crippen LogP contribution in [0.25, 0.3) is 5.69 Å². The van der Waals surface area contributed by atoms with E-state index in [2.05, 4.69) is 39.9 Å². The molecule has 0 radical (unpaired) electrons. The van der Waals surface area contributed by atoms with Crippen LogP contribution in [0.5, 0.6) is 0 Å². The number of nitrogens with zero attached hydrogens (tertiary/aromatic N) is 2. The number of hydrogen-bond acceptors (Lipinski definition) is 2. The predicted octanol–water partition coefficient (Wildman–Crippen LogP) is 3.24. The molecular weight excluding hydrogens is 349 g/mol. The van der Waals surface area contributed by atoms with Crippen LogP contribution in [-0.2, 0) is 6.54 Å². The third-order valence-electron chi connectivity index (χ3n) is 2.41. The quantitative estimate of drug-likeness (QED) is 0.847. The molecule has 5 heteroatoms. The minimum absolute atomic E-state index is 0.728. The Morgan fingerprint density at radius 3 is 2.94 bits per heavy atom. The van der Waals surface area contributed by atoms with Crippen LogP contribution >= 0.6 is 34.2 Å². The van der Waals surface area contributed by atoms with Crippen molar-refractivity contribution in [3.8, 4) is 5.69 Å². The van der Waals surface area contributed by atoms with Gasteiger partial charge in [0.25, 0.3) is 0 Å². The van der Waals surface area contributed by atoms with Crippen LogP contribution in [0.1, 0.15) is 12.5 Å². The van der Waals surface area contributed by atoms with E-state index in [9.17, 15) is 0 Å². The molecule has 1 heterocycles. The topological polar surface area (TPSA) is 29.9 Å². The molecule has 0 aliphatic carbocycles. The molecule has 17 heavy (non-hydrogen) atoms. The first-order chi connectivity index (χ1) is 8.20. The maximum absolute atomic E-state index is 6.04. The lowest BCUT2D eigenvalue weighted by Crippen LogP contribution is -2.14. The fraction of sp³-hybridized carbons (Fsp3) is 0.250. The van der Waals surface area contributed by atoms with E-state index in [1.807, 2.05) is 35.3 Å². The van der Waals surface area contributed by atoms with Crippen LogP contribution in [0.2, 0.25) is 5.02 Å². The summed E-state index contributed by atoms with van der Waals surface area (Å²) < 4.78 is 2.97. The van der Waals surface area contributed by atoms with Crippen molar-refractivity contribution >= 4 is 34.2 Å². The average Bonchev–Trinajstić information content (AvgIpc) is 2.74. The Labute approximate surface area is 119 Å². The molecule has 3 nitrogen and oxygen atoms in total. The number of halogens is 2. The Morgan fingerprint density at radius 1 is 1.47 bits per heavy atom. The molecule has 1 aromatic carbocycles. The Morgan fingerprint density at radius 2 is 2.29 bits per heavy atom. The van der Waals surface area contributed by atoms with Gasteiger partial charge in [0.2, 0.25) is 0 Å². The van der Waals surface area contributed by atoms with Gasteiger partial charge >= 0.3 is 0 Å².